The van der Waals surface area contributed by atoms with Gasteiger partial charge in [0.15, 0.2) is 0 Å². The zero-order chi connectivity index (χ0) is 19.5. The molecule has 0 aromatic heterocycles. The number of ether oxygens (including phenoxy) is 1. The number of anilines is 2. The van der Waals surface area contributed by atoms with E-state index in [4.69, 9.17) is 4.74 Å². The van der Waals surface area contributed by atoms with Crippen molar-refractivity contribution < 1.29 is 9.53 Å². The molecule has 0 radical (unpaired) electrons. The van der Waals surface area contributed by atoms with Crippen LogP contribution in [0.4, 0.5) is 11.4 Å². The highest BCUT2D eigenvalue weighted by atomic mass is 16.5. The maximum atomic E-state index is 12.2. The van der Waals surface area contributed by atoms with E-state index in [1.165, 1.54) is 25.7 Å². The monoisotopic (exact) mass is 368 g/mol. The van der Waals surface area contributed by atoms with Crippen molar-refractivity contribution in [2.24, 2.45) is 0 Å². The molecule has 2 aromatic rings. The van der Waals surface area contributed by atoms with Crippen LogP contribution in [0.15, 0.2) is 42.5 Å². The molecule has 2 aromatic carbocycles. The first-order chi connectivity index (χ1) is 13.1. The van der Waals surface area contributed by atoms with Crippen LogP contribution in [0.25, 0.3) is 0 Å². The highest BCUT2D eigenvalue weighted by Gasteiger charge is 2.05. The van der Waals surface area contributed by atoms with E-state index in [0.717, 1.165) is 41.3 Å². The summed E-state index contributed by atoms with van der Waals surface area (Å²) in [6, 6.07) is 13.8. The van der Waals surface area contributed by atoms with Crippen LogP contribution in [0.3, 0.4) is 0 Å². The molecule has 0 saturated heterocycles. The highest BCUT2D eigenvalue weighted by molar-refractivity contribution is 5.94. The number of aryl methyl sites for hydroxylation is 2. The summed E-state index contributed by atoms with van der Waals surface area (Å²) in [5, 5.41) is 6.10. The maximum absolute atomic E-state index is 12.2. The van der Waals surface area contributed by atoms with Gasteiger partial charge in [-0.25, -0.2) is 0 Å². The van der Waals surface area contributed by atoms with Crippen molar-refractivity contribution in [1.82, 2.24) is 0 Å². The van der Waals surface area contributed by atoms with Crippen LogP contribution in [0.5, 0.6) is 5.75 Å². The second-order valence-corrected chi connectivity index (χ2v) is 7.01. The van der Waals surface area contributed by atoms with Gasteiger partial charge in [0, 0.05) is 11.4 Å². The van der Waals surface area contributed by atoms with Crippen LogP contribution in [0.2, 0.25) is 0 Å². The molecule has 4 nitrogen and oxygen atoms in total. The van der Waals surface area contributed by atoms with Gasteiger partial charge in [-0.1, -0.05) is 44.7 Å². The summed E-state index contributed by atoms with van der Waals surface area (Å²) in [4.78, 5) is 12.2. The number of nitrogens with one attached hydrogen (secondary N) is 2. The lowest BCUT2D eigenvalue weighted by Gasteiger charge is -2.11. The fourth-order valence-electron chi connectivity index (χ4n) is 2.81. The summed E-state index contributed by atoms with van der Waals surface area (Å²) >= 11 is 0. The fraction of sp³-hybridized carbons (Fsp3) is 0.435. The summed E-state index contributed by atoms with van der Waals surface area (Å²) in [5.41, 5.74) is 3.96. The van der Waals surface area contributed by atoms with Gasteiger partial charge in [-0.05, 0) is 61.7 Å². The third-order valence-corrected chi connectivity index (χ3v) is 4.49. The molecule has 0 bridgehead atoms. The van der Waals surface area contributed by atoms with Gasteiger partial charge < -0.3 is 15.4 Å². The van der Waals surface area contributed by atoms with Gasteiger partial charge in [0.05, 0.1) is 13.2 Å². The molecule has 4 heteroatoms. The van der Waals surface area contributed by atoms with E-state index in [1.54, 1.807) is 0 Å². The van der Waals surface area contributed by atoms with Gasteiger partial charge in [-0.3, -0.25) is 4.79 Å². The van der Waals surface area contributed by atoms with Gasteiger partial charge in [0.2, 0.25) is 5.91 Å². The van der Waals surface area contributed by atoms with Crippen molar-refractivity contribution in [1.29, 1.82) is 0 Å². The Kier molecular flexibility index (Phi) is 8.69. The molecule has 0 fully saturated rings. The first-order valence-corrected chi connectivity index (χ1v) is 9.92. The number of unbranched alkanes of at least 4 members (excludes halogenated alkanes) is 4. The Balaban J connectivity index is 1.71. The third kappa shape index (κ3) is 7.73. The molecule has 0 aliphatic rings. The number of hydrogen-bond donors (Lipinski definition) is 2. The summed E-state index contributed by atoms with van der Waals surface area (Å²) in [7, 11) is 0. The van der Waals surface area contributed by atoms with Crippen molar-refractivity contribution in [3.05, 3.63) is 53.6 Å². The number of rotatable bonds is 11. The minimum absolute atomic E-state index is 0.0592. The molecule has 2 N–H and O–H groups in total. The van der Waals surface area contributed by atoms with E-state index in [1.807, 2.05) is 56.3 Å². The predicted molar refractivity (Wildman–Crippen MR) is 114 cm³/mol. The largest absolute Gasteiger partial charge is 0.494 e. The number of carbonyl (C=O) groups excluding carboxylic acids is 1. The van der Waals surface area contributed by atoms with Crippen LogP contribution < -0.4 is 15.4 Å². The van der Waals surface area contributed by atoms with Crippen LogP contribution in [-0.2, 0) is 4.79 Å². The van der Waals surface area contributed by atoms with Crippen molar-refractivity contribution in [3.8, 4) is 5.75 Å². The van der Waals surface area contributed by atoms with Crippen LogP contribution >= 0.6 is 0 Å². The molecule has 0 atom stereocenters. The fourth-order valence-corrected chi connectivity index (χ4v) is 2.81. The van der Waals surface area contributed by atoms with Gasteiger partial charge in [-0.2, -0.15) is 0 Å². The topological polar surface area (TPSA) is 50.4 Å². The molecule has 0 saturated carbocycles. The lowest BCUT2D eigenvalue weighted by molar-refractivity contribution is -0.114. The zero-order valence-electron chi connectivity index (χ0n) is 16.8. The third-order valence-electron chi connectivity index (χ3n) is 4.49. The smallest absolute Gasteiger partial charge is 0.243 e. The molecule has 146 valence electrons. The van der Waals surface area contributed by atoms with E-state index in [-0.39, 0.29) is 12.5 Å². The van der Waals surface area contributed by atoms with Crippen molar-refractivity contribution in [3.63, 3.8) is 0 Å². The van der Waals surface area contributed by atoms with E-state index in [0.29, 0.717) is 0 Å². The predicted octanol–water partition coefficient (Wildman–Crippen LogP) is 5.70. The Morgan fingerprint density at radius 3 is 2.44 bits per heavy atom. The lowest BCUT2D eigenvalue weighted by Crippen LogP contribution is -2.22. The van der Waals surface area contributed by atoms with Crippen LogP contribution in [0, 0.1) is 13.8 Å². The van der Waals surface area contributed by atoms with E-state index in [2.05, 4.69) is 17.6 Å². The Labute approximate surface area is 163 Å². The van der Waals surface area contributed by atoms with E-state index < -0.39 is 0 Å². The zero-order valence-corrected chi connectivity index (χ0v) is 16.8. The Bertz CT molecular complexity index is 711. The molecule has 0 unspecified atom stereocenters. The minimum Gasteiger partial charge on any atom is -0.494 e. The van der Waals surface area contributed by atoms with E-state index in [9.17, 15) is 4.79 Å². The number of amides is 1. The summed E-state index contributed by atoms with van der Waals surface area (Å²) < 4.78 is 5.76. The lowest BCUT2D eigenvalue weighted by atomic mass is 10.1. The number of carbonyl (C=O) groups is 1. The van der Waals surface area contributed by atoms with Crippen molar-refractivity contribution in [2.75, 3.05) is 23.8 Å². The standard InChI is InChI=1S/C23H32N2O2/c1-4-5-6-7-8-15-27-21-13-11-20(12-14-21)24-17-23(26)25-22-16-18(2)9-10-19(22)3/h9-14,16,24H,4-8,15,17H2,1-3H3,(H,25,26). The molecule has 0 heterocycles. The number of benzene rings is 2. The molecule has 0 aliphatic carbocycles. The van der Waals surface area contributed by atoms with Crippen LogP contribution in [0.1, 0.15) is 50.2 Å². The van der Waals surface area contributed by atoms with Crippen molar-refractivity contribution >= 4 is 17.3 Å². The van der Waals surface area contributed by atoms with Crippen molar-refractivity contribution in [2.45, 2.75) is 52.9 Å². The van der Waals surface area contributed by atoms with Gasteiger partial charge in [-0.15, -0.1) is 0 Å². The van der Waals surface area contributed by atoms with Crippen LogP contribution in [-0.4, -0.2) is 19.1 Å². The highest BCUT2D eigenvalue weighted by Crippen LogP contribution is 2.18. The minimum atomic E-state index is -0.0592. The summed E-state index contributed by atoms with van der Waals surface area (Å²) in [6.45, 7) is 7.21. The average molecular weight is 369 g/mol. The molecule has 1 amide bonds. The van der Waals surface area contributed by atoms with Gasteiger partial charge in [0.25, 0.3) is 0 Å². The SMILES string of the molecule is CCCCCCCOc1ccc(NCC(=O)Nc2cc(C)ccc2C)cc1. The second kappa shape index (κ2) is 11.3. The Hall–Kier alpha value is -2.49. The molecule has 27 heavy (non-hydrogen) atoms. The quantitative estimate of drug-likeness (QED) is 0.500. The molecule has 2 rings (SSSR count). The molecule has 0 spiro atoms. The molecule has 0 aliphatic heterocycles. The maximum Gasteiger partial charge on any atom is 0.243 e. The van der Waals surface area contributed by atoms with Gasteiger partial charge >= 0.3 is 0 Å². The summed E-state index contributed by atoms with van der Waals surface area (Å²) in [5.74, 6) is 0.812. The Morgan fingerprint density at radius 2 is 1.70 bits per heavy atom. The van der Waals surface area contributed by atoms with E-state index >= 15 is 0 Å². The molecular weight excluding hydrogens is 336 g/mol. The summed E-state index contributed by atoms with van der Waals surface area (Å²) in [6.07, 6.45) is 6.17. The normalized spacial score (nSPS) is 10.5. The number of hydrogen-bond acceptors (Lipinski definition) is 3. The molecular formula is C23H32N2O2. The van der Waals surface area contributed by atoms with Gasteiger partial charge in [0.1, 0.15) is 5.75 Å². The Morgan fingerprint density at radius 1 is 0.963 bits per heavy atom. The first-order valence-electron chi connectivity index (χ1n) is 9.92. The average Bonchev–Trinajstić information content (AvgIpc) is 2.67. The second-order valence-electron chi connectivity index (χ2n) is 7.01. The first kappa shape index (κ1) is 20.8.